The molecule has 0 fully saturated rings. The highest BCUT2D eigenvalue weighted by Gasteiger charge is 2.24. The lowest BCUT2D eigenvalue weighted by atomic mass is 10.1. The highest BCUT2D eigenvalue weighted by atomic mass is 35.5. The van der Waals surface area contributed by atoms with Gasteiger partial charge in [0.1, 0.15) is 11.5 Å². The Bertz CT molecular complexity index is 1130. The number of rotatable bonds is 5. The maximum absolute atomic E-state index is 11.9. The zero-order valence-electron chi connectivity index (χ0n) is 14.6. The van der Waals surface area contributed by atoms with E-state index in [-0.39, 0.29) is 17.6 Å². The van der Waals surface area contributed by atoms with Gasteiger partial charge in [0.2, 0.25) is 5.28 Å². The summed E-state index contributed by atoms with van der Waals surface area (Å²) in [4.78, 5) is 21.5. The van der Waals surface area contributed by atoms with E-state index >= 15 is 0 Å². The summed E-state index contributed by atoms with van der Waals surface area (Å²) in [5.41, 5.74) is 2.35. The molecule has 1 aromatic carbocycles. The number of anilines is 1. The first-order valence-electron chi connectivity index (χ1n) is 8.19. The Morgan fingerprint density at radius 2 is 2.07 bits per heavy atom. The number of benzene rings is 1. The van der Waals surface area contributed by atoms with Gasteiger partial charge in [-0.2, -0.15) is 4.98 Å². The summed E-state index contributed by atoms with van der Waals surface area (Å²) < 4.78 is 11.1. The monoisotopic (exact) mass is 415 g/mol. The molecule has 0 bridgehead atoms. The van der Waals surface area contributed by atoms with Crippen molar-refractivity contribution >= 4 is 45.1 Å². The molecule has 0 aliphatic carbocycles. The number of fused-ring (bicyclic) bond motifs is 1. The molecule has 3 heterocycles. The molecule has 1 N–H and O–H groups in total. The molecule has 0 atom stereocenters. The number of nitrogens with zero attached hydrogens (tertiary/aromatic N) is 3. The van der Waals surface area contributed by atoms with E-state index in [0.29, 0.717) is 16.0 Å². The Hall–Kier alpha value is -3.10. The number of halogens is 1. The van der Waals surface area contributed by atoms with Crippen molar-refractivity contribution in [3.63, 3.8) is 0 Å². The van der Waals surface area contributed by atoms with Crippen molar-refractivity contribution < 1.29 is 19.1 Å². The molecule has 9 heteroatoms. The molecule has 1 amide bonds. The van der Waals surface area contributed by atoms with Crippen LogP contribution >= 0.6 is 22.9 Å². The van der Waals surface area contributed by atoms with Crippen LogP contribution in [-0.4, -0.2) is 28.3 Å². The summed E-state index contributed by atoms with van der Waals surface area (Å²) in [6, 6.07) is 10.9. The van der Waals surface area contributed by atoms with Gasteiger partial charge in [0.15, 0.2) is 5.82 Å². The van der Waals surface area contributed by atoms with Crippen molar-refractivity contribution in [2.24, 2.45) is 0 Å². The molecule has 0 aliphatic rings. The van der Waals surface area contributed by atoms with Crippen molar-refractivity contribution in [3.8, 4) is 16.9 Å². The number of thiophene rings is 1. The van der Waals surface area contributed by atoms with Crippen LogP contribution in [0.5, 0.6) is 5.75 Å². The van der Waals surface area contributed by atoms with Gasteiger partial charge >= 0.3 is 6.09 Å². The third kappa shape index (κ3) is 3.39. The number of aromatic nitrogens is 2. The molecular weight excluding hydrogens is 402 g/mol. The lowest BCUT2D eigenvalue weighted by Crippen LogP contribution is -2.29. The number of carboxylic acid groups (broad SMARTS) is 1. The van der Waals surface area contributed by atoms with Crippen molar-refractivity contribution in [2.45, 2.75) is 6.54 Å². The second kappa shape index (κ2) is 7.49. The van der Waals surface area contributed by atoms with Crippen LogP contribution in [0.4, 0.5) is 10.6 Å². The minimum absolute atomic E-state index is 0.0144. The SMILES string of the molecule is COc1ccc(-c2csc3c(N(Cc4ccco4)C(=O)O)nc(Cl)nc23)cc1. The molecule has 0 spiro atoms. The molecule has 4 rings (SSSR count). The molecular formula is C19H14ClN3O4S. The van der Waals surface area contributed by atoms with Crippen molar-refractivity contribution in [3.05, 3.63) is 59.1 Å². The fourth-order valence-electron chi connectivity index (χ4n) is 2.83. The summed E-state index contributed by atoms with van der Waals surface area (Å²) in [6.07, 6.45) is 0.331. The topological polar surface area (TPSA) is 88.7 Å². The Morgan fingerprint density at radius 1 is 1.29 bits per heavy atom. The number of amides is 1. The van der Waals surface area contributed by atoms with E-state index in [4.69, 9.17) is 20.8 Å². The predicted molar refractivity (Wildman–Crippen MR) is 107 cm³/mol. The molecule has 28 heavy (non-hydrogen) atoms. The standard InChI is InChI=1S/C19H14ClN3O4S/c1-26-12-6-4-11(5-7-12)14-10-28-16-15(14)21-18(20)22-17(16)23(19(24)25)9-13-3-2-8-27-13/h2-8,10H,9H2,1H3,(H,24,25). The first-order valence-corrected chi connectivity index (χ1v) is 9.44. The maximum Gasteiger partial charge on any atom is 0.413 e. The minimum atomic E-state index is -1.16. The van der Waals surface area contributed by atoms with Crippen LogP contribution in [0, 0.1) is 0 Å². The first-order chi connectivity index (χ1) is 13.6. The lowest BCUT2D eigenvalue weighted by Gasteiger charge is -2.17. The van der Waals surface area contributed by atoms with Gasteiger partial charge in [0.25, 0.3) is 0 Å². The molecule has 4 aromatic rings. The van der Waals surface area contributed by atoms with E-state index in [1.165, 1.54) is 17.6 Å². The third-order valence-corrected chi connectivity index (χ3v) is 5.29. The zero-order valence-corrected chi connectivity index (χ0v) is 16.2. The van der Waals surface area contributed by atoms with Crippen molar-refractivity contribution in [1.82, 2.24) is 9.97 Å². The molecule has 7 nitrogen and oxygen atoms in total. The van der Waals surface area contributed by atoms with Crippen LogP contribution in [-0.2, 0) is 6.54 Å². The van der Waals surface area contributed by atoms with Gasteiger partial charge < -0.3 is 14.3 Å². The maximum atomic E-state index is 11.9. The lowest BCUT2D eigenvalue weighted by molar-refractivity contribution is 0.200. The Morgan fingerprint density at radius 3 is 2.71 bits per heavy atom. The highest BCUT2D eigenvalue weighted by Crippen LogP contribution is 2.39. The first kappa shape index (κ1) is 18.3. The van der Waals surface area contributed by atoms with E-state index in [1.807, 2.05) is 29.6 Å². The second-order valence-electron chi connectivity index (χ2n) is 5.82. The molecule has 142 valence electrons. The van der Waals surface area contributed by atoms with Crippen LogP contribution in [0.1, 0.15) is 5.76 Å². The summed E-state index contributed by atoms with van der Waals surface area (Å²) in [6.45, 7) is 0.0144. The Balaban J connectivity index is 1.83. The minimum Gasteiger partial charge on any atom is -0.497 e. The van der Waals surface area contributed by atoms with E-state index in [0.717, 1.165) is 21.8 Å². The van der Waals surface area contributed by atoms with Gasteiger partial charge in [-0.05, 0) is 41.4 Å². The highest BCUT2D eigenvalue weighted by molar-refractivity contribution is 7.18. The predicted octanol–water partition coefficient (Wildman–Crippen LogP) is 5.30. The zero-order chi connectivity index (χ0) is 19.7. The van der Waals surface area contributed by atoms with Crippen LogP contribution in [0.2, 0.25) is 5.28 Å². The number of furan rings is 1. The average molecular weight is 416 g/mol. The quantitative estimate of drug-likeness (QED) is 0.445. The van der Waals surface area contributed by atoms with E-state index < -0.39 is 6.09 Å². The van der Waals surface area contributed by atoms with Crippen LogP contribution < -0.4 is 9.64 Å². The number of methoxy groups -OCH3 is 1. The fourth-order valence-corrected chi connectivity index (χ4v) is 4.00. The summed E-state index contributed by atoms with van der Waals surface area (Å²) in [7, 11) is 1.60. The van der Waals surface area contributed by atoms with Crippen LogP contribution in [0.25, 0.3) is 21.3 Å². The van der Waals surface area contributed by atoms with Gasteiger partial charge in [-0.25, -0.2) is 9.78 Å². The summed E-state index contributed by atoms with van der Waals surface area (Å²) >= 11 is 7.50. The Kier molecular flexibility index (Phi) is 4.89. The van der Waals surface area contributed by atoms with Crippen molar-refractivity contribution in [2.75, 3.05) is 12.0 Å². The summed E-state index contributed by atoms with van der Waals surface area (Å²) in [5.74, 6) is 1.47. The molecule has 0 saturated heterocycles. The molecule has 0 unspecified atom stereocenters. The van der Waals surface area contributed by atoms with Gasteiger partial charge in [-0.15, -0.1) is 11.3 Å². The number of hydrogen-bond acceptors (Lipinski definition) is 6. The normalized spacial score (nSPS) is 10.9. The average Bonchev–Trinajstić information content (AvgIpc) is 3.35. The third-order valence-electron chi connectivity index (χ3n) is 4.15. The number of ether oxygens (including phenoxy) is 1. The van der Waals surface area contributed by atoms with Gasteiger partial charge in [-0.1, -0.05) is 12.1 Å². The molecule has 0 saturated carbocycles. The molecule has 3 aromatic heterocycles. The van der Waals surface area contributed by atoms with Crippen LogP contribution in [0.3, 0.4) is 0 Å². The van der Waals surface area contributed by atoms with E-state index in [2.05, 4.69) is 9.97 Å². The van der Waals surface area contributed by atoms with Crippen LogP contribution in [0.15, 0.2) is 52.5 Å². The van der Waals surface area contributed by atoms with Crippen molar-refractivity contribution in [1.29, 1.82) is 0 Å². The molecule has 0 aliphatic heterocycles. The second-order valence-corrected chi connectivity index (χ2v) is 7.04. The van der Waals surface area contributed by atoms with Gasteiger partial charge in [0, 0.05) is 10.9 Å². The van der Waals surface area contributed by atoms with Gasteiger partial charge in [0.05, 0.1) is 30.1 Å². The van der Waals surface area contributed by atoms with E-state index in [9.17, 15) is 9.90 Å². The smallest absolute Gasteiger partial charge is 0.413 e. The van der Waals surface area contributed by atoms with E-state index in [1.54, 1.807) is 19.2 Å². The van der Waals surface area contributed by atoms with Gasteiger partial charge in [-0.3, -0.25) is 4.90 Å². The largest absolute Gasteiger partial charge is 0.497 e. The number of carbonyl (C=O) groups is 1. The fraction of sp³-hybridized carbons (Fsp3) is 0.105. The Labute approximate surface area is 168 Å². The summed E-state index contributed by atoms with van der Waals surface area (Å²) in [5, 5.41) is 11.6. The molecule has 0 radical (unpaired) electrons. The number of hydrogen-bond donors (Lipinski definition) is 1.